The Morgan fingerprint density at radius 2 is 0.535 bits per heavy atom. The largest absolute Gasteiger partial charge is 0.379 e. The Bertz CT molecular complexity index is 1260. The van der Waals surface area contributed by atoms with Crippen LogP contribution in [-0.4, -0.2) is 26.4 Å². The highest BCUT2D eigenvalue weighted by atomic mass is 16.5. The molecule has 0 amide bonds. The van der Waals surface area contributed by atoms with E-state index in [1.807, 2.05) is 0 Å². The lowest BCUT2D eigenvalue weighted by molar-refractivity contribution is 0.0405. The Kier molecular flexibility index (Phi) is 55.4. The Labute approximate surface area is 451 Å². The van der Waals surface area contributed by atoms with Gasteiger partial charge in [0.1, 0.15) is 0 Å². The Hall–Kier alpha value is -1.64. The van der Waals surface area contributed by atoms with Gasteiger partial charge in [-0.25, -0.2) is 0 Å². The number of ether oxygens (including phenoxy) is 2. The van der Waals surface area contributed by atoms with Crippen LogP contribution in [0.3, 0.4) is 0 Å². The molecular formula is C69H134O2. The molecule has 0 spiro atoms. The summed E-state index contributed by atoms with van der Waals surface area (Å²) in [5, 5.41) is 0. The van der Waals surface area contributed by atoms with Crippen molar-refractivity contribution >= 4 is 0 Å². The van der Waals surface area contributed by atoms with Gasteiger partial charge in [0.15, 0.2) is 0 Å². The van der Waals surface area contributed by atoms with Crippen molar-refractivity contribution in [1.29, 1.82) is 0 Å². The molecule has 2 nitrogen and oxygen atoms in total. The SMILES string of the molecule is CC(C)CCCC(C)C.CC(C)CCCCC(C)C.CC(C)CCCCCC(C)C.CC(C)CCOCCOCCC(C)C.CC(C)Cc1cccc(C(C)C)c1.CC(C)Cc1cccc(CC(C)C)c1. The standard InChI is InChI=1S/C14H22.C13H20.C12H26O2.C11H24.C10H22.C9H20/c1-11(2)8-13-6-5-7-14(10-13)9-12(3)4;1-10(2)8-12-6-5-7-13(9-12)11(3)4;1-11(2)5-7-13-9-10-14-8-6-12(3)4;1-10(2)8-6-5-7-9-11(3)4;1-9(2)7-5-6-8-10(3)4;1-8(2)6-5-7-9(3)4/h5-7,10-12H,8-9H2,1-4H3;5-7,9-11H,8H2,1-4H3;11-12H,5-10H2,1-4H3;10-11H,5-9H2,1-4H3;9-10H,5-8H2,1-4H3;8-9H,5-7H2,1-4H3. The molecule has 2 aromatic carbocycles. The second kappa shape index (κ2) is 51.8. The Balaban J connectivity index is -0.000000382. The van der Waals surface area contributed by atoms with Crippen LogP contribution in [0.5, 0.6) is 0 Å². The van der Waals surface area contributed by atoms with Gasteiger partial charge in [0.05, 0.1) is 13.2 Å². The lowest BCUT2D eigenvalue weighted by Crippen LogP contribution is -2.08. The van der Waals surface area contributed by atoms with Crippen molar-refractivity contribution in [3.63, 3.8) is 0 Å². The molecule has 0 saturated carbocycles. The highest BCUT2D eigenvalue weighted by molar-refractivity contribution is 5.26. The number of hydrogen-bond acceptors (Lipinski definition) is 2. The monoisotopic (exact) mass is 995 g/mol. The van der Waals surface area contributed by atoms with Crippen LogP contribution in [0.2, 0.25) is 0 Å². The molecule has 2 rings (SSSR count). The molecule has 0 atom stereocenters. The predicted octanol–water partition coefficient (Wildman–Crippen LogP) is 22.8. The summed E-state index contributed by atoms with van der Waals surface area (Å²) in [6.45, 7) is 57.8. The lowest BCUT2D eigenvalue weighted by atomic mass is 9.97. The van der Waals surface area contributed by atoms with Gasteiger partial charge in [-0.15, -0.1) is 0 Å². The van der Waals surface area contributed by atoms with E-state index in [1.165, 1.54) is 119 Å². The van der Waals surface area contributed by atoms with Crippen LogP contribution < -0.4 is 0 Å². The normalized spacial score (nSPS) is 11.4. The molecule has 2 heteroatoms. The second-order valence-corrected chi connectivity index (χ2v) is 26.3. The van der Waals surface area contributed by atoms with E-state index >= 15 is 0 Å². The molecule has 2 aromatic rings. The molecule has 0 aliphatic carbocycles. The van der Waals surface area contributed by atoms with Gasteiger partial charge in [0, 0.05) is 13.2 Å². The zero-order chi connectivity index (χ0) is 55.2. The topological polar surface area (TPSA) is 18.5 Å². The molecule has 0 fully saturated rings. The van der Waals surface area contributed by atoms with Gasteiger partial charge < -0.3 is 9.47 Å². The summed E-state index contributed by atoms with van der Waals surface area (Å²) in [7, 11) is 0. The first-order valence-electron chi connectivity index (χ1n) is 30.5. The summed E-state index contributed by atoms with van der Waals surface area (Å²) in [5.41, 5.74) is 5.90. The molecule has 0 radical (unpaired) electrons. The molecule has 0 saturated heterocycles. The zero-order valence-corrected chi connectivity index (χ0v) is 53.2. The van der Waals surface area contributed by atoms with E-state index in [1.54, 1.807) is 0 Å². The van der Waals surface area contributed by atoms with Crippen molar-refractivity contribution < 1.29 is 9.47 Å². The summed E-state index contributed by atoms with van der Waals surface area (Å²) in [6.07, 6.45) is 22.9. The molecule has 0 aliphatic heterocycles. The predicted molar refractivity (Wildman–Crippen MR) is 328 cm³/mol. The number of rotatable bonds is 31. The third kappa shape index (κ3) is 68.4. The lowest BCUT2D eigenvalue weighted by Gasteiger charge is -2.09. The molecule has 0 aromatic heterocycles. The molecule has 422 valence electrons. The van der Waals surface area contributed by atoms with Crippen LogP contribution >= 0.6 is 0 Å². The third-order valence-corrected chi connectivity index (χ3v) is 12.0. The van der Waals surface area contributed by atoms with Crippen LogP contribution in [0, 0.1) is 65.1 Å². The van der Waals surface area contributed by atoms with Crippen LogP contribution in [0.15, 0.2) is 48.5 Å². The fraction of sp³-hybridized carbons (Fsp3) is 0.826. The fourth-order valence-electron chi connectivity index (χ4n) is 7.66. The van der Waals surface area contributed by atoms with Crippen LogP contribution in [0.25, 0.3) is 0 Å². The van der Waals surface area contributed by atoms with E-state index in [4.69, 9.17) is 9.47 Å². The van der Waals surface area contributed by atoms with Crippen LogP contribution in [0.1, 0.15) is 284 Å². The third-order valence-electron chi connectivity index (χ3n) is 12.0. The van der Waals surface area contributed by atoms with Gasteiger partial charge in [-0.3, -0.25) is 0 Å². The van der Waals surface area contributed by atoms with Gasteiger partial charge in [0.2, 0.25) is 0 Å². The first kappa shape index (κ1) is 75.9. The van der Waals surface area contributed by atoms with Gasteiger partial charge in [-0.2, -0.15) is 0 Å². The number of benzene rings is 2. The number of hydrogen-bond donors (Lipinski definition) is 0. The molecular weight excluding hydrogens is 861 g/mol. The van der Waals surface area contributed by atoms with Crippen molar-refractivity contribution in [3.05, 3.63) is 70.8 Å². The maximum Gasteiger partial charge on any atom is 0.0700 e. The minimum absolute atomic E-state index is 0.645. The maximum absolute atomic E-state index is 5.43. The van der Waals surface area contributed by atoms with E-state index in [-0.39, 0.29) is 0 Å². The van der Waals surface area contributed by atoms with Crippen molar-refractivity contribution in [2.24, 2.45) is 65.1 Å². The Morgan fingerprint density at radius 3 is 0.817 bits per heavy atom. The quantitative estimate of drug-likeness (QED) is 0.0701. The van der Waals surface area contributed by atoms with Crippen LogP contribution in [-0.2, 0) is 28.7 Å². The van der Waals surface area contributed by atoms with Gasteiger partial charge in [0.25, 0.3) is 0 Å². The average Bonchev–Trinajstić information content (AvgIpc) is 3.23. The number of unbranched alkanes of at least 4 members (excludes halogenated alkanes) is 3. The van der Waals surface area contributed by atoms with Crippen molar-refractivity contribution in [3.8, 4) is 0 Å². The minimum Gasteiger partial charge on any atom is -0.379 e. The summed E-state index contributed by atoms with van der Waals surface area (Å²) in [4.78, 5) is 0. The summed E-state index contributed by atoms with van der Waals surface area (Å²) in [5.74, 6) is 9.74. The smallest absolute Gasteiger partial charge is 0.0700 e. The van der Waals surface area contributed by atoms with E-state index in [9.17, 15) is 0 Å². The zero-order valence-electron chi connectivity index (χ0n) is 53.2. The summed E-state index contributed by atoms with van der Waals surface area (Å²) in [6, 6.07) is 18.0. The summed E-state index contributed by atoms with van der Waals surface area (Å²) < 4.78 is 10.9. The first-order chi connectivity index (χ1) is 33.2. The molecule has 71 heavy (non-hydrogen) atoms. The molecule has 0 bridgehead atoms. The minimum atomic E-state index is 0.645. The Morgan fingerprint density at radius 1 is 0.268 bits per heavy atom. The first-order valence-corrected chi connectivity index (χ1v) is 30.5. The average molecular weight is 996 g/mol. The second-order valence-electron chi connectivity index (χ2n) is 26.3. The van der Waals surface area contributed by atoms with E-state index in [2.05, 4.69) is 215 Å². The van der Waals surface area contributed by atoms with E-state index in [0.29, 0.717) is 5.92 Å². The molecule has 0 unspecified atom stereocenters. The van der Waals surface area contributed by atoms with E-state index < -0.39 is 0 Å². The fourth-order valence-corrected chi connectivity index (χ4v) is 7.66. The highest BCUT2D eigenvalue weighted by Crippen LogP contribution is 2.18. The maximum atomic E-state index is 5.43. The molecule has 0 aliphatic rings. The highest BCUT2D eigenvalue weighted by Gasteiger charge is 2.04. The van der Waals surface area contributed by atoms with Crippen molar-refractivity contribution in [2.75, 3.05) is 26.4 Å². The summed E-state index contributed by atoms with van der Waals surface area (Å²) >= 11 is 0. The van der Waals surface area contributed by atoms with Crippen molar-refractivity contribution in [2.45, 2.75) is 281 Å². The van der Waals surface area contributed by atoms with E-state index in [0.717, 1.165) is 104 Å². The molecule has 0 N–H and O–H groups in total. The van der Waals surface area contributed by atoms with Crippen LogP contribution in [0.4, 0.5) is 0 Å². The molecule has 0 heterocycles. The van der Waals surface area contributed by atoms with Gasteiger partial charge in [-0.1, -0.05) is 292 Å². The van der Waals surface area contributed by atoms with Gasteiger partial charge in [-0.05, 0) is 125 Å². The van der Waals surface area contributed by atoms with Crippen molar-refractivity contribution in [1.82, 2.24) is 0 Å². The van der Waals surface area contributed by atoms with Gasteiger partial charge >= 0.3 is 0 Å².